The average Bonchev–Trinajstić information content (AvgIpc) is 2.79. The fourth-order valence-corrected chi connectivity index (χ4v) is 4.19. The number of para-hydroxylation sites is 1. The average molecular weight is 305 g/mol. The lowest BCUT2D eigenvalue weighted by molar-refractivity contribution is 0.208. The molecule has 0 radical (unpaired) electrons. The molecule has 0 N–H and O–H groups in total. The van der Waals surface area contributed by atoms with E-state index in [1.54, 1.807) is 0 Å². The van der Waals surface area contributed by atoms with E-state index in [0.717, 1.165) is 17.9 Å². The zero-order valence-corrected chi connectivity index (χ0v) is 14.0. The van der Waals surface area contributed by atoms with Gasteiger partial charge in [-0.25, -0.2) is 4.98 Å². The van der Waals surface area contributed by atoms with Crippen molar-refractivity contribution >= 4 is 22.6 Å². The van der Waals surface area contributed by atoms with Crippen LogP contribution in [-0.2, 0) is 6.42 Å². The van der Waals surface area contributed by atoms with Crippen molar-refractivity contribution in [3.63, 3.8) is 0 Å². The van der Waals surface area contributed by atoms with Gasteiger partial charge in [-0.2, -0.15) is 0 Å². The number of aryl methyl sites for hydroxylation is 2. The first-order valence-electron chi connectivity index (χ1n) is 8.14. The van der Waals surface area contributed by atoms with E-state index in [-0.39, 0.29) is 0 Å². The lowest BCUT2D eigenvalue weighted by atomic mass is 9.79. The second-order valence-electron chi connectivity index (χ2n) is 6.74. The summed E-state index contributed by atoms with van der Waals surface area (Å²) in [5.74, 6) is 3.36. The van der Waals surface area contributed by atoms with E-state index in [4.69, 9.17) is 16.6 Å². The molecule has 3 unspecified atom stereocenters. The number of alkyl halides is 1. The van der Waals surface area contributed by atoms with Crippen molar-refractivity contribution in [2.45, 2.75) is 52.5 Å². The minimum atomic E-state index is 0.575. The van der Waals surface area contributed by atoms with Gasteiger partial charge in [0.1, 0.15) is 5.82 Å². The van der Waals surface area contributed by atoms with Crippen LogP contribution in [0.2, 0.25) is 0 Å². The Morgan fingerprint density at radius 1 is 1.29 bits per heavy atom. The molecule has 1 aromatic carbocycles. The molecule has 0 amide bonds. The highest BCUT2D eigenvalue weighted by atomic mass is 35.5. The van der Waals surface area contributed by atoms with Crippen LogP contribution in [-0.4, -0.2) is 15.4 Å². The summed E-state index contributed by atoms with van der Waals surface area (Å²) >= 11 is 6.02. The highest BCUT2D eigenvalue weighted by Crippen LogP contribution is 2.39. The SMILES string of the molecule is Cc1cccc2nc(CCCl)n(C3CCC(C)CC3C)c12. The molecule has 0 spiro atoms. The van der Waals surface area contributed by atoms with Gasteiger partial charge in [0, 0.05) is 18.3 Å². The fraction of sp³-hybridized carbons (Fsp3) is 0.611. The summed E-state index contributed by atoms with van der Waals surface area (Å²) in [5, 5.41) is 0. The van der Waals surface area contributed by atoms with Crippen LogP contribution in [0.15, 0.2) is 18.2 Å². The Morgan fingerprint density at radius 3 is 2.81 bits per heavy atom. The van der Waals surface area contributed by atoms with Crippen LogP contribution in [0.5, 0.6) is 0 Å². The lowest BCUT2D eigenvalue weighted by Gasteiger charge is -2.35. The molecule has 0 saturated heterocycles. The van der Waals surface area contributed by atoms with Crippen molar-refractivity contribution in [3.8, 4) is 0 Å². The van der Waals surface area contributed by atoms with E-state index in [1.165, 1.54) is 36.2 Å². The van der Waals surface area contributed by atoms with Gasteiger partial charge in [0.15, 0.2) is 0 Å². The molecular weight excluding hydrogens is 280 g/mol. The van der Waals surface area contributed by atoms with E-state index >= 15 is 0 Å². The van der Waals surface area contributed by atoms with Gasteiger partial charge in [-0.15, -0.1) is 11.6 Å². The number of aromatic nitrogens is 2. The molecule has 3 rings (SSSR count). The first-order valence-corrected chi connectivity index (χ1v) is 8.67. The number of rotatable bonds is 3. The number of nitrogens with zero attached hydrogens (tertiary/aromatic N) is 2. The van der Waals surface area contributed by atoms with Gasteiger partial charge in [0.25, 0.3) is 0 Å². The van der Waals surface area contributed by atoms with Crippen LogP contribution in [0.3, 0.4) is 0 Å². The largest absolute Gasteiger partial charge is 0.324 e. The summed E-state index contributed by atoms with van der Waals surface area (Å²) in [6, 6.07) is 7.00. The minimum absolute atomic E-state index is 0.575. The van der Waals surface area contributed by atoms with Crippen LogP contribution in [0.25, 0.3) is 11.0 Å². The van der Waals surface area contributed by atoms with Crippen molar-refractivity contribution < 1.29 is 0 Å². The molecule has 3 atom stereocenters. The van der Waals surface area contributed by atoms with E-state index in [1.807, 2.05) is 0 Å². The monoisotopic (exact) mass is 304 g/mol. The zero-order chi connectivity index (χ0) is 15.0. The van der Waals surface area contributed by atoms with Gasteiger partial charge in [-0.1, -0.05) is 26.0 Å². The first kappa shape index (κ1) is 14.9. The maximum absolute atomic E-state index is 6.02. The highest BCUT2D eigenvalue weighted by molar-refractivity contribution is 6.17. The fourth-order valence-electron chi connectivity index (χ4n) is 4.02. The Bertz CT molecular complexity index is 631. The van der Waals surface area contributed by atoms with Gasteiger partial charge in [0.05, 0.1) is 11.0 Å². The van der Waals surface area contributed by atoms with Gasteiger partial charge in [0.2, 0.25) is 0 Å². The van der Waals surface area contributed by atoms with Crippen LogP contribution >= 0.6 is 11.6 Å². The summed E-state index contributed by atoms with van der Waals surface area (Å²) in [6.07, 6.45) is 4.75. The van der Waals surface area contributed by atoms with Gasteiger partial charge in [-0.3, -0.25) is 0 Å². The Hall–Kier alpha value is -1.02. The molecule has 1 aliphatic rings. The Balaban J connectivity index is 2.12. The number of halogens is 1. The molecule has 2 aromatic rings. The molecule has 1 fully saturated rings. The maximum Gasteiger partial charge on any atom is 0.111 e. The van der Waals surface area contributed by atoms with Crippen LogP contribution in [0.1, 0.15) is 50.5 Å². The summed E-state index contributed by atoms with van der Waals surface area (Å²) in [4.78, 5) is 4.87. The van der Waals surface area contributed by atoms with Crippen molar-refractivity contribution in [1.82, 2.24) is 9.55 Å². The minimum Gasteiger partial charge on any atom is -0.324 e. The molecule has 2 nitrogen and oxygen atoms in total. The second-order valence-corrected chi connectivity index (χ2v) is 7.12. The summed E-state index contributed by atoms with van der Waals surface area (Å²) in [7, 11) is 0. The third-order valence-electron chi connectivity index (χ3n) is 5.02. The molecule has 3 heteroatoms. The number of fused-ring (bicyclic) bond motifs is 1. The van der Waals surface area contributed by atoms with E-state index in [2.05, 4.69) is 43.5 Å². The number of imidazole rings is 1. The van der Waals surface area contributed by atoms with Gasteiger partial charge in [-0.05, 0) is 49.7 Å². The molecule has 1 saturated carbocycles. The molecular formula is C18H25ClN2. The predicted octanol–water partition coefficient (Wildman–Crippen LogP) is 5.12. The van der Waals surface area contributed by atoms with Crippen molar-refractivity contribution in [2.75, 3.05) is 5.88 Å². The van der Waals surface area contributed by atoms with Crippen LogP contribution < -0.4 is 0 Å². The number of hydrogen-bond donors (Lipinski definition) is 0. The predicted molar refractivity (Wildman–Crippen MR) is 90.1 cm³/mol. The zero-order valence-electron chi connectivity index (χ0n) is 13.3. The number of benzene rings is 1. The molecule has 1 heterocycles. The maximum atomic E-state index is 6.02. The second kappa shape index (κ2) is 6.00. The summed E-state index contributed by atoms with van der Waals surface area (Å²) in [5.41, 5.74) is 3.77. The Labute approximate surface area is 132 Å². The molecule has 114 valence electrons. The third-order valence-corrected chi connectivity index (χ3v) is 5.21. The standard InChI is InChI=1S/C18H25ClN2/c1-12-7-8-16(14(3)11-12)21-17(9-10-19)20-15-6-4-5-13(2)18(15)21/h4-6,12,14,16H,7-11H2,1-3H3. The molecule has 0 aliphatic heterocycles. The smallest absolute Gasteiger partial charge is 0.111 e. The van der Waals surface area contributed by atoms with Gasteiger partial charge >= 0.3 is 0 Å². The third kappa shape index (κ3) is 2.70. The van der Waals surface area contributed by atoms with Crippen molar-refractivity contribution in [1.29, 1.82) is 0 Å². The van der Waals surface area contributed by atoms with E-state index < -0.39 is 0 Å². The first-order chi connectivity index (χ1) is 10.1. The number of hydrogen-bond acceptors (Lipinski definition) is 1. The molecule has 0 bridgehead atoms. The van der Waals surface area contributed by atoms with Crippen molar-refractivity contribution in [3.05, 3.63) is 29.6 Å². The molecule has 21 heavy (non-hydrogen) atoms. The van der Waals surface area contributed by atoms with E-state index in [9.17, 15) is 0 Å². The van der Waals surface area contributed by atoms with E-state index in [0.29, 0.717) is 17.8 Å². The van der Waals surface area contributed by atoms with Crippen molar-refractivity contribution in [2.24, 2.45) is 11.8 Å². The normalized spacial score (nSPS) is 26.4. The molecule has 1 aromatic heterocycles. The Kier molecular flexibility index (Phi) is 4.26. The quantitative estimate of drug-likeness (QED) is 0.719. The Morgan fingerprint density at radius 2 is 2.10 bits per heavy atom. The molecule has 1 aliphatic carbocycles. The topological polar surface area (TPSA) is 17.8 Å². The van der Waals surface area contributed by atoms with Crippen LogP contribution in [0.4, 0.5) is 0 Å². The lowest BCUT2D eigenvalue weighted by Crippen LogP contribution is -2.26. The summed E-state index contributed by atoms with van der Waals surface area (Å²) in [6.45, 7) is 6.97. The summed E-state index contributed by atoms with van der Waals surface area (Å²) < 4.78 is 2.52. The van der Waals surface area contributed by atoms with Crippen LogP contribution in [0, 0.1) is 18.8 Å². The highest BCUT2D eigenvalue weighted by Gasteiger charge is 2.29. The van der Waals surface area contributed by atoms with Gasteiger partial charge < -0.3 is 4.57 Å².